The molecule has 0 radical (unpaired) electrons. The van der Waals surface area contributed by atoms with Crippen LogP contribution in [0.1, 0.15) is 35.7 Å². The molecule has 1 aliphatic heterocycles. The van der Waals surface area contributed by atoms with Gasteiger partial charge in [0.15, 0.2) is 5.78 Å². The maximum absolute atomic E-state index is 13.4. The molecule has 10 heteroatoms. The number of thiol groups is 1. The summed E-state index contributed by atoms with van der Waals surface area (Å²) in [4.78, 5) is 17.1. The maximum atomic E-state index is 13.4. The zero-order chi connectivity index (χ0) is 28.7. The zero-order valence-corrected chi connectivity index (χ0v) is 23.1. The Morgan fingerprint density at radius 3 is 1.92 bits per heavy atom. The van der Waals surface area contributed by atoms with E-state index in [4.69, 9.17) is 4.74 Å². The van der Waals surface area contributed by atoms with Crippen molar-refractivity contribution in [2.24, 2.45) is 5.92 Å². The normalized spacial score (nSPS) is 19.8. The van der Waals surface area contributed by atoms with Gasteiger partial charge in [-0.15, -0.1) is 0 Å². The summed E-state index contributed by atoms with van der Waals surface area (Å²) >= 11 is 0. The van der Waals surface area contributed by atoms with Crippen LogP contribution in [0.3, 0.4) is 0 Å². The molecule has 0 saturated heterocycles. The first-order chi connectivity index (χ1) is 18.0. The average molecular weight is 585 g/mol. The molecule has 208 valence electrons. The fourth-order valence-corrected chi connectivity index (χ4v) is 7.11. The van der Waals surface area contributed by atoms with Crippen molar-refractivity contribution in [1.82, 2.24) is 0 Å². The van der Waals surface area contributed by atoms with Gasteiger partial charge < -0.3 is 4.74 Å². The molecule has 0 bridgehead atoms. The Morgan fingerprint density at radius 1 is 0.821 bits per heavy atom. The van der Waals surface area contributed by atoms with Gasteiger partial charge in [-0.1, -0.05) is 60.8 Å². The second kappa shape index (κ2) is 9.79. The van der Waals surface area contributed by atoms with Gasteiger partial charge >= 0.3 is 33.0 Å². The molecule has 3 aromatic rings. The van der Waals surface area contributed by atoms with E-state index < -0.39 is 18.3 Å². The number of halogens is 6. The molecule has 0 spiro atoms. The van der Waals surface area contributed by atoms with Crippen LogP contribution in [-0.2, 0) is 10.5 Å². The van der Waals surface area contributed by atoms with E-state index >= 15 is 0 Å². The van der Waals surface area contributed by atoms with Crippen LogP contribution >= 0.6 is 7.81 Å². The van der Waals surface area contributed by atoms with Crippen LogP contribution in [0.15, 0.2) is 101 Å². The second-order valence-corrected chi connectivity index (χ2v) is 13.6. The first-order valence-corrected chi connectivity index (χ1v) is 15.4. The van der Waals surface area contributed by atoms with E-state index in [2.05, 4.69) is 86.7 Å². The standard InChI is InChI=1S/C29H26O2S.F6P/c1-19(2)22-12-17-28-26(18-22)29(30)25-6-4-5-7-27(25)32(28)24-15-10-21(11-16-24)20-8-13-23(31-3)14-9-20;1-7(2,3,4,5)6/h4-19,25H,1-3H3;/q;-1/p+1. The van der Waals surface area contributed by atoms with E-state index in [1.807, 2.05) is 18.2 Å². The van der Waals surface area contributed by atoms with Gasteiger partial charge in [-0.2, -0.15) is 0 Å². The molecule has 1 heterocycles. The molecule has 2 atom stereocenters. The SMILES string of the molecule is COc1ccc(-c2ccc([SH+]3=C4C=CC=CC4C(=O)c4cc(C(C)C)ccc43)cc2)cc1.F[P-](F)(F)(F)(F)F. The monoisotopic (exact) mass is 584 g/mol. The van der Waals surface area contributed by atoms with Crippen molar-refractivity contribution >= 4 is 28.9 Å². The van der Waals surface area contributed by atoms with Crippen molar-refractivity contribution in [2.45, 2.75) is 29.6 Å². The molecule has 0 saturated carbocycles. The molecule has 0 fully saturated rings. The summed E-state index contributed by atoms with van der Waals surface area (Å²) in [6, 6.07) is 23.5. The van der Waals surface area contributed by atoms with Crippen LogP contribution in [0.4, 0.5) is 25.2 Å². The average Bonchev–Trinajstić information content (AvgIpc) is 2.87. The number of hydrogen-bond acceptors (Lipinski definition) is 2. The van der Waals surface area contributed by atoms with E-state index in [-0.39, 0.29) is 11.7 Å². The number of Topliss-reactive ketones (excluding diaryl/α,β-unsaturated/α-hetero) is 1. The van der Waals surface area contributed by atoms with Gasteiger partial charge in [0.05, 0.1) is 12.7 Å². The Kier molecular flexibility index (Phi) is 7.24. The molecule has 3 aromatic carbocycles. The molecule has 2 aliphatic rings. The van der Waals surface area contributed by atoms with Crippen LogP contribution in [0, 0.1) is 5.92 Å². The Labute approximate surface area is 225 Å². The van der Waals surface area contributed by atoms with Crippen molar-refractivity contribution in [3.63, 3.8) is 0 Å². The molecule has 5 rings (SSSR count). The predicted octanol–water partition coefficient (Wildman–Crippen LogP) is 9.75. The van der Waals surface area contributed by atoms with Crippen LogP contribution in [0.2, 0.25) is 0 Å². The molecule has 0 amide bonds. The van der Waals surface area contributed by atoms with Gasteiger partial charge in [-0.3, -0.25) is 4.79 Å². The summed E-state index contributed by atoms with van der Waals surface area (Å²) in [6.07, 6.45) is 8.28. The third-order valence-electron chi connectivity index (χ3n) is 6.28. The van der Waals surface area contributed by atoms with Crippen molar-refractivity contribution in [3.8, 4) is 16.9 Å². The number of ether oxygens (including phenoxy) is 1. The van der Waals surface area contributed by atoms with Gasteiger partial charge in [-0.05, 0) is 77.2 Å². The van der Waals surface area contributed by atoms with Crippen molar-refractivity contribution in [1.29, 1.82) is 0 Å². The number of ketones is 1. The van der Waals surface area contributed by atoms with Gasteiger partial charge in [0.25, 0.3) is 0 Å². The minimum absolute atomic E-state index is 0.151. The number of carbonyl (C=O) groups is 1. The zero-order valence-electron chi connectivity index (χ0n) is 21.3. The molecule has 1 aliphatic carbocycles. The molecule has 2 unspecified atom stereocenters. The third-order valence-corrected chi connectivity index (χ3v) is 8.91. The number of benzene rings is 3. The Balaban J connectivity index is 0.000000448. The van der Waals surface area contributed by atoms with Crippen molar-refractivity contribution < 1.29 is 34.7 Å². The molecular formula is C29H27F6O2PS. The van der Waals surface area contributed by atoms with Crippen LogP contribution < -0.4 is 4.74 Å². The number of rotatable bonds is 4. The number of allylic oxidation sites excluding steroid dienone is 4. The van der Waals surface area contributed by atoms with Crippen LogP contribution in [0.25, 0.3) is 11.1 Å². The quantitative estimate of drug-likeness (QED) is 0.100. The van der Waals surface area contributed by atoms with Gasteiger partial charge in [0.1, 0.15) is 26.3 Å². The van der Waals surface area contributed by atoms with Gasteiger partial charge in [0.2, 0.25) is 0 Å². The Bertz CT molecular complexity index is 1490. The summed E-state index contributed by atoms with van der Waals surface area (Å²) in [5.74, 6) is 1.34. The summed E-state index contributed by atoms with van der Waals surface area (Å²) in [7, 11) is -9.72. The number of fused-ring (bicyclic) bond motifs is 2. The third kappa shape index (κ3) is 7.49. The number of methoxy groups -OCH3 is 1. The fourth-order valence-electron chi connectivity index (χ4n) is 4.45. The molecule has 0 aromatic heterocycles. The first kappa shape index (κ1) is 28.8. The predicted molar refractivity (Wildman–Crippen MR) is 149 cm³/mol. The summed E-state index contributed by atoms with van der Waals surface area (Å²) in [6.45, 7) is 4.35. The second-order valence-electron chi connectivity index (χ2n) is 9.51. The van der Waals surface area contributed by atoms with E-state index in [0.29, 0.717) is 5.92 Å². The van der Waals surface area contributed by atoms with Crippen LogP contribution in [0.5, 0.6) is 5.75 Å². The van der Waals surface area contributed by atoms with E-state index in [1.165, 1.54) is 25.8 Å². The number of carbonyl (C=O) groups excluding carboxylic acids is 1. The van der Waals surface area contributed by atoms with E-state index in [0.717, 1.165) is 16.9 Å². The molecular weight excluding hydrogens is 557 g/mol. The summed E-state index contributed by atoms with van der Waals surface area (Å²) in [5, 5.41) is 0. The van der Waals surface area contributed by atoms with Gasteiger partial charge in [0, 0.05) is 0 Å². The first-order valence-electron chi connectivity index (χ1n) is 12.0. The van der Waals surface area contributed by atoms with Crippen LogP contribution in [-0.4, -0.2) is 17.8 Å². The van der Waals surface area contributed by atoms with Crippen molar-refractivity contribution in [3.05, 3.63) is 102 Å². The summed E-state index contributed by atoms with van der Waals surface area (Å²) < 4.78 is 64.5. The van der Waals surface area contributed by atoms with Crippen molar-refractivity contribution in [2.75, 3.05) is 7.11 Å². The topological polar surface area (TPSA) is 26.3 Å². The van der Waals surface area contributed by atoms with E-state index in [1.54, 1.807) is 7.11 Å². The Morgan fingerprint density at radius 2 is 1.38 bits per heavy atom. The fraction of sp³-hybridized carbons (Fsp3) is 0.172. The minimum atomic E-state index is -10.7. The van der Waals surface area contributed by atoms with E-state index in [9.17, 15) is 30.0 Å². The molecule has 0 N–H and O–H groups in total. The number of hydrogen-bond donors (Lipinski definition) is 0. The Hall–Kier alpha value is -3.16. The summed E-state index contributed by atoms with van der Waals surface area (Å²) in [5.41, 5.74) is 4.46. The molecule has 2 nitrogen and oxygen atoms in total. The molecule has 39 heavy (non-hydrogen) atoms. The van der Waals surface area contributed by atoms with Gasteiger partial charge in [-0.25, -0.2) is 0 Å².